The van der Waals surface area contributed by atoms with E-state index < -0.39 is 0 Å². The normalized spacial score (nSPS) is 22.3. The maximum absolute atomic E-state index is 13.1. The molecule has 1 amide bonds. The summed E-state index contributed by atoms with van der Waals surface area (Å²) in [6.07, 6.45) is 12.0. The molecule has 0 aliphatic carbocycles. The molecular formula is C24H35N3O2. The van der Waals surface area contributed by atoms with E-state index in [4.69, 9.17) is 4.74 Å². The Morgan fingerprint density at radius 1 is 0.862 bits per heavy atom. The van der Waals surface area contributed by atoms with E-state index >= 15 is 0 Å². The Morgan fingerprint density at radius 2 is 1.55 bits per heavy atom. The first-order valence-electron chi connectivity index (χ1n) is 11.5. The van der Waals surface area contributed by atoms with Gasteiger partial charge in [0.15, 0.2) is 0 Å². The summed E-state index contributed by atoms with van der Waals surface area (Å²) in [5.41, 5.74) is 1.94. The van der Waals surface area contributed by atoms with Crippen molar-refractivity contribution in [3.63, 3.8) is 0 Å². The monoisotopic (exact) mass is 397 g/mol. The summed E-state index contributed by atoms with van der Waals surface area (Å²) in [5.74, 6) is 0.972. The molecule has 3 fully saturated rings. The number of piperidine rings is 2. The van der Waals surface area contributed by atoms with Gasteiger partial charge in [0.05, 0.1) is 0 Å². The van der Waals surface area contributed by atoms with E-state index in [9.17, 15) is 4.79 Å². The Labute approximate surface area is 175 Å². The topological polar surface area (TPSA) is 36.0 Å². The lowest BCUT2D eigenvalue weighted by molar-refractivity contribution is 0.0779. The van der Waals surface area contributed by atoms with Gasteiger partial charge in [-0.3, -0.25) is 9.69 Å². The van der Waals surface area contributed by atoms with Crippen molar-refractivity contribution in [3.05, 3.63) is 41.7 Å². The molecule has 5 heteroatoms. The first-order valence-corrected chi connectivity index (χ1v) is 11.5. The van der Waals surface area contributed by atoms with Crippen molar-refractivity contribution < 1.29 is 9.53 Å². The summed E-state index contributed by atoms with van der Waals surface area (Å²) >= 11 is 0. The van der Waals surface area contributed by atoms with Gasteiger partial charge >= 0.3 is 0 Å². The van der Waals surface area contributed by atoms with Gasteiger partial charge in [0.25, 0.3) is 5.91 Å². The van der Waals surface area contributed by atoms with Crippen LogP contribution in [0.5, 0.6) is 5.75 Å². The molecule has 0 unspecified atom stereocenters. The zero-order valence-electron chi connectivity index (χ0n) is 17.7. The Balaban J connectivity index is 1.32. The van der Waals surface area contributed by atoms with Crippen LogP contribution in [-0.4, -0.2) is 66.5 Å². The molecule has 3 aliphatic heterocycles. The van der Waals surface area contributed by atoms with Crippen LogP contribution in [0.25, 0.3) is 0 Å². The highest BCUT2D eigenvalue weighted by atomic mass is 16.5. The molecule has 0 aromatic heterocycles. The maximum Gasteiger partial charge on any atom is 0.258 e. The van der Waals surface area contributed by atoms with Crippen LogP contribution < -0.4 is 4.74 Å². The standard InChI is InChI=1S/C24H35N3O2/c28-24(27-17-5-2-8-22(27)20-26-15-6-7-16-26)21-9-11-23(12-10-21)29-19-18-25-13-3-1-4-14-25/h9-12,20H,1-8,13-19H2/b22-20+. The quantitative estimate of drug-likeness (QED) is 0.724. The van der Waals surface area contributed by atoms with Crippen molar-refractivity contribution in [2.45, 2.75) is 51.4 Å². The van der Waals surface area contributed by atoms with Crippen molar-refractivity contribution in [1.29, 1.82) is 0 Å². The molecule has 0 atom stereocenters. The average Bonchev–Trinajstić information content (AvgIpc) is 3.28. The van der Waals surface area contributed by atoms with Crippen LogP contribution in [0, 0.1) is 0 Å². The number of rotatable bonds is 6. The lowest BCUT2D eigenvalue weighted by atomic mass is 10.1. The summed E-state index contributed by atoms with van der Waals surface area (Å²) in [7, 11) is 0. The minimum absolute atomic E-state index is 0.120. The van der Waals surface area contributed by atoms with Gasteiger partial charge in [-0.1, -0.05) is 6.42 Å². The fourth-order valence-corrected chi connectivity index (χ4v) is 4.63. The van der Waals surface area contributed by atoms with Crippen molar-refractivity contribution in [2.75, 3.05) is 45.9 Å². The molecule has 3 saturated heterocycles. The number of nitrogens with zero attached hydrogens (tertiary/aromatic N) is 3. The van der Waals surface area contributed by atoms with Gasteiger partial charge in [-0.05, 0) is 82.3 Å². The minimum Gasteiger partial charge on any atom is -0.492 e. The van der Waals surface area contributed by atoms with E-state index in [0.717, 1.165) is 50.3 Å². The number of carbonyl (C=O) groups is 1. The predicted molar refractivity (Wildman–Crippen MR) is 116 cm³/mol. The number of amides is 1. The fourth-order valence-electron chi connectivity index (χ4n) is 4.63. The second-order valence-corrected chi connectivity index (χ2v) is 8.55. The third-order valence-electron chi connectivity index (χ3n) is 6.35. The van der Waals surface area contributed by atoms with Crippen LogP contribution in [0.4, 0.5) is 0 Å². The molecule has 0 radical (unpaired) electrons. The summed E-state index contributed by atoms with van der Waals surface area (Å²) in [6.45, 7) is 7.15. The molecule has 3 heterocycles. The van der Waals surface area contributed by atoms with E-state index in [-0.39, 0.29) is 5.91 Å². The molecule has 1 aromatic rings. The van der Waals surface area contributed by atoms with Gasteiger partial charge in [-0.2, -0.15) is 0 Å². The Morgan fingerprint density at radius 3 is 2.31 bits per heavy atom. The molecule has 29 heavy (non-hydrogen) atoms. The van der Waals surface area contributed by atoms with Crippen LogP contribution in [0.2, 0.25) is 0 Å². The molecule has 3 aliphatic rings. The molecule has 5 nitrogen and oxygen atoms in total. The first kappa shape index (κ1) is 20.3. The zero-order valence-corrected chi connectivity index (χ0v) is 17.7. The lowest BCUT2D eigenvalue weighted by Crippen LogP contribution is -2.35. The predicted octanol–water partition coefficient (Wildman–Crippen LogP) is 4.11. The van der Waals surface area contributed by atoms with E-state index in [1.54, 1.807) is 0 Å². The number of ether oxygens (including phenoxy) is 1. The summed E-state index contributed by atoms with van der Waals surface area (Å²) in [6, 6.07) is 7.72. The maximum atomic E-state index is 13.1. The molecular weight excluding hydrogens is 362 g/mol. The highest BCUT2D eigenvalue weighted by Gasteiger charge is 2.24. The number of benzene rings is 1. The molecule has 158 valence electrons. The van der Waals surface area contributed by atoms with Crippen LogP contribution in [0.1, 0.15) is 61.7 Å². The summed E-state index contributed by atoms with van der Waals surface area (Å²) in [5, 5.41) is 0. The van der Waals surface area contributed by atoms with Crippen molar-refractivity contribution in [2.24, 2.45) is 0 Å². The molecule has 0 bridgehead atoms. The van der Waals surface area contributed by atoms with Crippen molar-refractivity contribution in [1.82, 2.24) is 14.7 Å². The minimum atomic E-state index is 0.120. The average molecular weight is 398 g/mol. The van der Waals surface area contributed by atoms with Crippen molar-refractivity contribution in [3.8, 4) is 5.75 Å². The summed E-state index contributed by atoms with van der Waals surface area (Å²) < 4.78 is 5.91. The Bertz CT molecular complexity index is 689. The number of likely N-dealkylation sites (tertiary alicyclic amines) is 3. The first-order chi connectivity index (χ1) is 14.3. The second kappa shape index (κ2) is 10.1. The van der Waals surface area contributed by atoms with E-state index in [1.807, 2.05) is 29.2 Å². The van der Waals surface area contributed by atoms with Crippen molar-refractivity contribution >= 4 is 5.91 Å². The van der Waals surface area contributed by atoms with Gasteiger partial charge in [0, 0.05) is 43.6 Å². The molecule has 4 rings (SSSR count). The second-order valence-electron chi connectivity index (χ2n) is 8.55. The fraction of sp³-hybridized carbons (Fsp3) is 0.625. The highest BCUT2D eigenvalue weighted by Crippen LogP contribution is 2.25. The summed E-state index contributed by atoms with van der Waals surface area (Å²) in [4.78, 5) is 20.0. The molecule has 1 aromatic carbocycles. The van der Waals surface area contributed by atoms with Crippen LogP contribution >= 0.6 is 0 Å². The number of hydrogen-bond acceptors (Lipinski definition) is 4. The zero-order chi connectivity index (χ0) is 19.9. The lowest BCUT2D eigenvalue weighted by Gasteiger charge is -2.31. The van der Waals surface area contributed by atoms with Gasteiger partial charge < -0.3 is 14.5 Å². The number of hydrogen-bond donors (Lipinski definition) is 0. The molecule has 0 spiro atoms. The van der Waals surface area contributed by atoms with Crippen LogP contribution in [-0.2, 0) is 0 Å². The Kier molecular flexibility index (Phi) is 7.09. The largest absolute Gasteiger partial charge is 0.492 e. The SMILES string of the molecule is O=C(c1ccc(OCCN2CCCCC2)cc1)N1CCCC/C1=C\N1CCCC1. The third kappa shape index (κ3) is 5.53. The number of carbonyl (C=O) groups excluding carboxylic acids is 1. The number of allylic oxidation sites excluding steroid dienone is 1. The molecule has 0 N–H and O–H groups in total. The van der Waals surface area contributed by atoms with Gasteiger partial charge in [-0.15, -0.1) is 0 Å². The van der Waals surface area contributed by atoms with E-state index in [1.165, 1.54) is 57.3 Å². The smallest absolute Gasteiger partial charge is 0.258 e. The molecule has 0 saturated carbocycles. The van der Waals surface area contributed by atoms with E-state index in [0.29, 0.717) is 6.61 Å². The Hall–Kier alpha value is -2.01. The van der Waals surface area contributed by atoms with Gasteiger partial charge in [0.1, 0.15) is 12.4 Å². The third-order valence-corrected chi connectivity index (χ3v) is 6.35. The van der Waals surface area contributed by atoms with Crippen LogP contribution in [0.15, 0.2) is 36.2 Å². The van der Waals surface area contributed by atoms with E-state index in [2.05, 4.69) is 16.0 Å². The van der Waals surface area contributed by atoms with Crippen LogP contribution in [0.3, 0.4) is 0 Å². The highest BCUT2D eigenvalue weighted by molar-refractivity contribution is 5.95. The van der Waals surface area contributed by atoms with Gasteiger partial charge in [-0.25, -0.2) is 0 Å². The van der Waals surface area contributed by atoms with Gasteiger partial charge in [0.2, 0.25) is 0 Å².